The van der Waals surface area contributed by atoms with E-state index in [1.165, 1.54) is 0 Å². The third-order valence-corrected chi connectivity index (χ3v) is 6.33. The molecule has 3 aliphatic rings. The van der Waals surface area contributed by atoms with Crippen molar-refractivity contribution in [2.24, 2.45) is 7.05 Å². The Bertz CT molecular complexity index is 1600. The molecule has 34 heavy (non-hydrogen) atoms. The van der Waals surface area contributed by atoms with Gasteiger partial charge in [-0.2, -0.15) is 15.3 Å². The summed E-state index contributed by atoms with van der Waals surface area (Å²) < 4.78 is 5.22. The van der Waals surface area contributed by atoms with Crippen LogP contribution < -0.4 is 5.56 Å². The Labute approximate surface area is 195 Å². The average Bonchev–Trinajstić information content (AvgIpc) is 3.44. The van der Waals surface area contributed by atoms with Gasteiger partial charge in [-0.3, -0.25) is 19.1 Å². The second-order valence-corrected chi connectivity index (χ2v) is 8.67. The smallest absolute Gasteiger partial charge is 0.275 e. The standard InChI is InChI=1S/C26H23N7O/c1-17-7-3-5-9-22(17)33-26(34)25-24(30-33)20-8-4-6-10-23(20)32(29-25)15-18-11-12-21(27-13-18)19-14-28-31(2)16-19/h3-8,10-14,16,22H,9,15H2,1-2H3. The van der Waals surface area contributed by atoms with E-state index in [0.717, 1.165) is 39.7 Å². The van der Waals surface area contributed by atoms with Crippen LogP contribution in [0.5, 0.6) is 0 Å². The number of nitrogens with zero attached hydrogens (tertiary/aromatic N) is 7. The van der Waals surface area contributed by atoms with Crippen LogP contribution in [0.1, 0.15) is 24.9 Å². The van der Waals surface area contributed by atoms with Crippen LogP contribution >= 0.6 is 0 Å². The Morgan fingerprint density at radius 2 is 1.94 bits per heavy atom. The number of para-hydroxylation sites is 1. The molecule has 0 N–H and O–H groups in total. The number of benzene rings is 1. The summed E-state index contributed by atoms with van der Waals surface area (Å²) in [6, 6.07) is 11.9. The van der Waals surface area contributed by atoms with E-state index in [2.05, 4.69) is 16.2 Å². The topological polar surface area (TPSA) is 83.4 Å². The van der Waals surface area contributed by atoms with Crippen molar-refractivity contribution in [3.05, 3.63) is 94.7 Å². The third kappa shape index (κ3) is 3.35. The summed E-state index contributed by atoms with van der Waals surface area (Å²) in [6.45, 7) is 2.53. The predicted octanol–water partition coefficient (Wildman–Crippen LogP) is 3.99. The quantitative estimate of drug-likeness (QED) is 0.414. The average molecular weight is 450 g/mol. The zero-order chi connectivity index (χ0) is 23.2. The van der Waals surface area contributed by atoms with Gasteiger partial charge in [0.15, 0.2) is 5.69 Å². The summed E-state index contributed by atoms with van der Waals surface area (Å²) in [7, 11) is 1.89. The van der Waals surface area contributed by atoms with Gasteiger partial charge in [-0.1, -0.05) is 42.5 Å². The molecule has 0 fully saturated rings. The van der Waals surface area contributed by atoms with Gasteiger partial charge >= 0.3 is 0 Å². The molecule has 1 atom stereocenters. The Morgan fingerprint density at radius 3 is 2.71 bits per heavy atom. The highest BCUT2D eigenvalue weighted by atomic mass is 16.1. The van der Waals surface area contributed by atoms with Crippen LogP contribution in [0, 0.1) is 0 Å². The minimum atomic E-state index is -0.160. The van der Waals surface area contributed by atoms with Gasteiger partial charge in [0.05, 0.1) is 30.0 Å². The lowest BCUT2D eigenvalue weighted by molar-refractivity contribution is 0.504. The van der Waals surface area contributed by atoms with Gasteiger partial charge in [0.2, 0.25) is 0 Å². The summed E-state index contributed by atoms with van der Waals surface area (Å²) >= 11 is 0. The first-order valence-corrected chi connectivity index (χ1v) is 11.2. The summed E-state index contributed by atoms with van der Waals surface area (Å²) in [5.41, 5.74) is 5.74. The lowest BCUT2D eigenvalue weighted by Crippen LogP contribution is -2.24. The van der Waals surface area contributed by atoms with Crippen LogP contribution in [0.15, 0.2) is 83.6 Å². The maximum atomic E-state index is 13.4. The van der Waals surface area contributed by atoms with Crippen molar-refractivity contribution in [2.75, 3.05) is 0 Å². The monoisotopic (exact) mass is 449 g/mol. The number of rotatable bonds is 4. The molecule has 1 aliphatic carbocycles. The van der Waals surface area contributed by atoms with E-state index in [1.807, 2.05) is 79.6 Å². The zero-order valence-corrected chi connectivity index (χ0v) is 19.0. The summed E-state index contributed by atoms with van der Waals surface area (Å²) in [6.07, 6.45) is 12.5. The minimum Gasteiger partial charge on any atom is -0.275 e. The number of aryl methyl sites for hydroxylation is 1. The molecule has 3 aromatic rings. The van der Waals surface area contributed by atoms with Crippen molar-refractivity contribution in [2.45, 2.75) is 25.9 Å². The van der Waals surface area contributed by atoms with Crippen LogP contribution in [0.25, 0.3) is 33.5 Å². The maximum absolute atomic E-state index is 13.4. The first kappa shape index (κ1) is 20.3. The molecular weight excluding hydrogens is 426 g/mol. The largest absolute Gasteiger partial charge is 0.297 e. The molecule has 0 saturated heterocycles. The van der Waals surface area contributed by atoms with Gasteiger partial charge in [-0.05, 0) is 36.6 Å². The van der Waals surface area contributed by atoms with Crippen LogP contribution in [-0.2, 0) is 13.6 Å². The van der Waals surface area contributed by atoms with E-state index in [0.29, 0.717) is 17.9 Å². The van der Waals surface area contributed by atoms with Gasteiger partial charge in [0.25, 0.3) is 5.56 Å². The second kappa shape index (κ2) is 7.91. The highest BCUT2D eigenvalue weighted by Gasteiger charge is 2.26. The molecule has 2 aliphatic heterocycles. The Hall–Kier alpha value is -4.33. The van der Waals surface area contributed by atoms with E-state index in [1.54, 1.807) is 15.6 Å². The van der Waals surface area contributed by atoms with Crippen LogP contribution in [0.2, 0.25) is 0 Å². The van der Waals surface area contributed by atoms with Crippen molar-refractivity contribution in [3.63, 3.8) is 0 Å². The fraction of sp³-hybridized carbons (Fsp3) is 0.192. The summed E-state index contributed by atoms with van der Waals surface area (Å²) in [4.78, 5) is 18.0. The van der Waals surface area contributed by atoms with Gasteiger partial charge in [-0.15, -0.1) is 0 Å². The van der Waals surface area contributed by atoms with Gasteiger partial charge < -0.3 is 0 Å². The molecule has 1 aromatic carbocycles. The summed E-state index contributed by atoms with van der Waals surface area (Å²) in [5, 5.41) is 14.6. The minimum absolute atomic E-state index is 0.0804. The predicted molar refractivity (Wildman–Crippen MR) is 131 cm³/mol. The van der Waals surface area contributed by atoms with E-state index in [-0.39, 0.29) is 11.6 Å². The van der Waals surface area contributed by atoms with Crippen molar-refractivity contribution in [1.29, 1.82) is 0 Å². The van der Waals surface area contributed by atoms with E-state index < -0.39 is 0 Å². The maximum Gasteiger partial charge on any atom is 0.297 e. The molecule has 0 radical (unpaired) electrons. The fourth-order valence-electron chi connectivity index (χ4n) is 4.52. The SMILES string of the molecule is CC1=CC=CCC1n1nc2c3ccccc3n(Cc3ccc(-c4cnn(C)c4)nc3)nc-2c1=O. The molecule has 1 unspecified atom stereocenters. The van der Waals surface area contributed by atoms with Crippen LogP contribution in [-0.4, -0.2) is 34.3 Å². The highest BCUT2D eigenvalue weighted by Crippen LogP contribution is 2.29. The van der Waals surface area contributed by atoms with Crippen LogP contribution in [0.4, 0.5) is 0 Å². The van der Waals surface area contributed by atoms with Crippen LogP contribution in [0.3, 0.4) is 0 Å². The number of hydrogen-bond acceptors (Lipinski definition) is 5. The number of aromatic nitrogens is 7. The molecule has 0 bridgehead atoms. The Balaban J connectivity index is 1.43. The van der Waals surface area contributed by atoms with Gasteiger partial charge in [-0.25, -0.2) is 4.68 Å². The molecule has 168 valence electrons. The molecule has 0 amide bonds. The molecule has 6 rings (SSSR count). The third-order valence-electron chi connectivity index (χ3n) is 6.33. The molecule has 0 saturated carbocycles. The summed E-state index contributed by atoms with van der Waals surface area (Å²) in [5.74, 6) is 0. The zero-order valence-electron chi connectivity index (χ0n) is 19.0. The van der Waals surface area contributed by atoms with Crippen molar-refractivity contribution in [1.82, 2.24) is 34.3 Å². The number of fused-ring (bicyclic) bond motifs is 3. The first-order valence-electron chi connectivity index (χ1n) is 11.2. The molecule has 8 nitrogen and oxygen atoms in total. The molecule has 2 aromatic heterocycles. The van der Waals surface area contributed by atoms with Crippen molar-refractivity contribution < 1.29 is 0 Å². The second-order valence-electron chi connectivity index (χ2n) is 8.67. The van der Waals surface area contributed by atoms with Gasteiger partial charge in [0.1, 0.15) is 5.69 Å². The molecular formula is C26H23N7O. The van der Waals surface area contributed by atoms with Crippen molar-refractivity contribution >= 4 is 10.9 Å². The van der Waals surface area contributed by atoms with Gasteiger partial charge in [0, 0.05) is 30.4 Å². The lowest BCUT2D eigenvalue weighted by atomic mass is 10.0. The van der Waals surface area contributed by atoms with E-state index in [9.17, 15) is 4.79 Å². The fourth-order valence-corrected chi connectivity index (χ4v) is 4.52. The molecule has 4 heterocycles. The molecule has 8 heteroatoms. The lowest BCUT2D eigenvalue weighted by Gasteiger charge is -2.17. The number of hydrogen-bond donors (Lipinski definition) is 0. The highest BCUT2D eigenvalue weighted by molar-refractivity contribution is 5.92. The van der Waals surface area contributed by atoms with E-state index >= 15 is 0 Å². The Morgan fingerprint density at radius 1 is 1.06 bits per heavy atom. The number of pyridine rings is 1. The Kier molecular flexibility index (Phi) is 4.72. The number of allylic oxidation sites excluding steroid dienone is 4. The molecule has 0 spiro atoms. The first-order chi connectivity index (χ1) is 16.6. The van der Waals surface area contributed by atoms with Crippen molar-refractivity contribution in [3.8, 4) is 22.6 Å². The van der Waals surface area contributed by atoms with E-state index in [4.69, 9.17) is 10.2 Å². The normalized spacial score (nSPS) is 15.8.